The van der Waals surface area contributed by atoms with Gasteiger partial charge in [0.25, 0.3) is 0 Å². The minimum atomic E-state index is 0. The van der Waals surface area contributed by atoms with E-state index in [2.05, 4.69) is 13.1 Å². The average Bonchev–Trinajstić information content (AvgIpc) is 1.00. The second-order valence-electron chi connectivity index (χ2n) is 0. The Kier molecular flexibility index (Phi) is 82.5. The first-order valence-corrected chi connectivity index (χ1v) is 6.36. The predicted octanol–water partition coefficient (Wildman–Crippen LogP) is -1.31. The topological polar surface area (TPSA) is 0 Å². The maximum absolute atomic E-state index is 2.69. The molecule has 0 N–H and O–H groups in total. The number of hydrogen-bond donors (Lipinski definition) is 0. The summed E-state index contributed by atoms with van der Waals surface area (Å²) in [5, 5.41) is 0. The fraction of sp³-hybridized carbons (Fsp3) is 1.00. The summed E-state index contributed by atoms with van der Waals surface area (Å²) in [6, 6.07) is 0. The van der Waals surface area contributed by atoms with Crippen LogP contribution in [0.3, 0.4) is 0 Å². The molecule has 0 aromatic rings. The van der Waals surface area contributed by atoms with E-state index in [0.29, 0.717) is 0 Å². The Hall–Kier alpha value is 2.03. The fourth-order valence-electron chi connectivity index (χ4n) is 0. The Morgan fingerprint density at radius 2 is 1.25 bits per heavy atom. The average molecular weight is 283 g/mol. The molecule has 0 aromatic heterocycles. The molecule has 0 aliphatic carbocycles. The van der Waals surface area contributed by atoms with E-state index >= 15 is 0 Å². The summed E-state index contributed by atoms with van der Waals surface area (Å²) in [6.45, 7) is 0. The molecule has 0 aliphatic heterocycles. The summed E-state index contributed by atoms with van der Waals surface area (Å²) < 4.78 is 0. The maximum atomic E-state index is 2.69. The second kappa shape index (κ2) is 19.8. The van der Waals surface area contributed by atoms with Gasteiger partial charge in [-0.25, -0.2) is 0 Å². The van der Waals surface area contributed by atoms with E-state index in [1.807, 2.05) is 0 Å². The Bertz CT molecular complexity index is 8.00. The molecule has 0 amide bonds. The van der Waals surface area contributed by atoms with Gasteiger partial charge in [-0.2, -0.15) is 0 Å². The summed E-state index contributed by atoms with van der Waals surface area (Å²) in [5.74, 6) is 0. The molecule has 0 aliphatic rings. The van der Waals surface area contributed by atoms with Crippen molar-refractivity contribution in [3.05, 3.63) is 0 Å². The Morgan fingerprint density at radius 3 is 1.25 bits per heavy atom. The number of rotatable bonds is 0. The molecular weight excluding hydrogens is 276 g/mol. The Morgan fingerprint density at radius 1 is 1.25 bits per heavy atom. The third kappa shape index (κ3) is 8.98. The normalized spacial score (nSPS) is 0.750. The molecule has 0 saturated carbocycles. The van der Waals surface area contributed by atoms with Gasteiger partial charge in [0.1, 0.15) is 0 Å². The molecule has 0 saturated heterocycles. The minimum absolute atomic E-state index is 0. The molecule has 0 bridgehead atoms. The van der Waals surface area contributed by atoms with E-state index in [0.717, 1.165) is 0 Å². The Balaban J connectivity index is -0.00000000500. The summed E-state index contributed by atoms with van der Waals surface area (Å²) >= 11 is 4.25. The third-order valence-corrected chi connectivity index (χ3v) is 0. The van der Waals surface area contributed by atoms with Crippen molar-refractivity contribution in [3.63, 3.8) is 0 Å². The molecule has 0 fully saturated rings. The van der Waals surface area contributed by atoms with Crippen molar-refractivity contribution in [1.29, 1.82) is 0 Å². The van der Waals surface area contributed by atoms with Gasteiger partial charge in [-0.05, 0) is 0 Å². The van der Waals surface area contributed by atoms with E-state index in [4.69, 9.17) is 0 Å². The van der Waals surface area contributed by atoms with Gasteiger partial charge in [0.15, 0.2) is 0 Å². The quantitative estimate of drug-likeness (QED) is 0.484. The van der Waals surface area contributed by atoms with Crippen molar-refractivity contribution in [2.24, 2.45) is 0 Å². The van der Waals surface area contributed by atoms with E-state index in [-0.39, 0.29) is 33.3 Å². The van der Waals surface area contributed by atoms with E-state index in [1.54, 1.807) is 16.0 Å². The molecule has 4 heavy (non-hydrogen) atoms. The number of hydrogen-bond acceptors (Lipinski definition) is 0. The fourth-order valence-corrected chi connectivity index (χ4v) is 0. The molecule has 0 unspecified atom stereocenters. The van der Waals surface area contributed by atoms with Crippen LogP contribution in [0.25, 0.3) is 0 Å². The van der Waals surface area contributed by atoms with Crippen LogP contribution in [0.5, 0.6) is 0 Å². The van der Waals surface area contributed by atoms with Crippen LogP contribution in [-0.2, 0) is 0 Å². The predicted molar refractivity (Wildman–Crippen MR) is 28.2 cm³/mol. The standard InChI is InChI=1S/CH4.Ga.In.Se.3H/h1H4;;;;;;. The van der Waals surface area contributed by atoms with Gasteiger partial charge in [0, 0.05) is 0 Å². The van der Waals surface area contributed by atoms with Crippen LogP contribution >= 0.6 is 0 Å². The SMILES string of the molecule is C.[Ga]=[Se].[InH3]. The molecule has 0 nitrogen and oxygen atoms in total. The van der Waals surface area contributed by atoms with E-state index in [9.17, 15) is 0 Å². The first kappa shape index (κ1) is 16.6. The molecule has 23 valence electrons. The monoisotopic (exact) mass is 283 g/mol. The van der Waals surface area contributed by atoms with Crippen molar-refractivity contribution in [1.82, 2.24) is 0 Å². The van der Waals surface area contributed by atoms with Gasteiger partial charge in [0.05, 0.1) is 0 Å². The third-order valence-electron chi connectivity index (χ3n) is 0. The molecule has 0 rings (SSSR count). The second-order valence-corrected chi connectivity index (χ2v) is 0. The zero-order valence-corrected chi connectivity index (χ0v) is 5.12. The molecule has 0 atom stereocenters. The first-order valence-electron chi connectivity index (χ1n) is 0.236. The van der Waals surface area contributed by atoms with Crippen molar-refractivity contribution in [3.8, 4) is 0 Å². The first-order chi connectivity index (χ1) is 1.00. The van der Waals surface area contributed by atoms with Crippen LogP contribution in [-0.4, -0.2) is 55.0 Å². The molecule has 0 spiro atoms. The summed E-state index contributed by atoms with van der Waals surface area (Å²) in [7, 11) is 0. The molecule has 3 heteroatoms. The molecule has 0 heterocycles. The molecule has 1 radical (unpaired) electrons. The zero-order valence-electron chi connectivity index (χ0n) is 0.986. The Labute approximate surface area is 61.7 Å². The van der Waals surface area contributed by atoms with Gasteiger partial charge >= 0.3 is 55.0 Å². The van der Waals surface area contributed by atoms with Crippen LogP contribution < -0.4 is 0 Å². The zero-order chi connectivity index (χ0) is 2.00. The van der Waals surface area contributed by atoms with Crippen LogP contribution in [0.2, 0.25) is 0 Å². The van der Waals surface area contributed by atoms with E-state index in [1.165, 1.54) is 0 Å². The van der Waals surface area contributed by atoms with Crippen molar-refractivity contribution >= 4 is 55.0 Å². The van der Waals surface area contributed by atoms with E-state index < -0.39 is 0 Å². The van der Waals surface area contributed by atoms with Gasteiger partial charge in [0.2, 0.25) is 0 Å². The summed E-state index contributed by atoms with van der Waals surface area (Å²) in [5.41, 5.74) is 0. The van der Waals surface area contributed by atoms with Crippen LogP contribution in [0.1, 0.15) is 7.43 Å². The van der Waals surface area contributed by atoms with Crippen LogP contribution in [0.15, 0.2) is 0 Å². The van der Waals surface area contributed by atoms with Crippen LogP contribution in [0.4, 0.5) is 0 Å². The van der Waals surface area contributed by atoms with Crippen LogP contribution in [0, 0.1) is 0 Å². The summed E-state index contributed by atoms with van der Waals surface area (Å²) in [6.07, 6.45) is 0. The summed E-state index contributed by atoms with van der Waals surface area (Å²) in [4.78, 5) is 0. The van der Waals surface area contributed by atoms with Crippen molar-refractivity contribution < 1.29 is 0 Å². The van der Waals surface area contributed by atoms with Gasteiger partial charge in [-0.3, -0.25) is 0 Å². The van der Waals surface area contributed by atoms with Gasteiger partial charge < -0.3 is 0 Å². The van der Waals surface area contributed by atoms with Gasteiger partial charge in [-0.15, -0.1) is 0 Å². The van der Waals surface area contributed by atoms with Crippen molar-refractivity contribution in [2.75, 3.05) is 0 Å². The van der Waals surface area contributed by atoms with Crippen molar-refractivity contribution in [2.45, 2.75) is 7.43 Å². The molecule has 0 aromatic carbocycles. The molecular formula is CH7GaInSe. The van der Waals surface area contributed by atoms with Gasteiger partial charge in [-0.1, -0.05) is 7.43 Å².